The van der Waals surface area contributed by atoms with E-state index in [4.69, 9.17) is 4.74 Å². The van der Waals surface area contributed by atoms with Crippen LogP contribution in [0, 0.1) is 0 Å². The van der Waals surface area contributed by atoms with Crippen molar-refractivity contribution in [1.29, 1.82) is 0 Å². The summed E-state index contributed by atoms with van der Waals surface area (Å²) in [7, 11) is 0. The van der Waals surface area contributed by atoms with Crippen molar-refractivity contribution < 1.29 is 32.9 Å². The number of rotatable bonds is 5. The predicted octanol–water partition coefficient (Wildman–Crippen LogP) is 1.81. The minimum atomic E-state index is -4.46. The molecular weight excluding hydrogens is 469 g/mol. The Morgan fingerprint density at radius 1 is 1.20 bits per heavy atom. The van der Waals surface area contributed by atoms with Crippen LogP contribution in [-0.2, 0) is 10.9 Å². The smallest absolute Gasteiger partial charge is 0.394 e. The lowest BCUT2D eigenvalue weighted by molar-refractivity contribution is -0.137. The number of alkyl halides is 3. The van der Waals surface area contributed by atoms with Crippen LogP contribution < -0.4 is 5.32 Å². The van der Waals surface area contributed by atoms with Gasteiger partial charge >= 0.3 is 6.18 Å². The van der Waals surface area contributed by atoms with Crippen LogP contribution in [0.15, 0.2) is 36.9 Å². The average molecular weight is 492 g/mol. The number of anilines is 1. The monoisotopic (exact) mass is 492 g/mol. The van der Waals surface area contributed by atoms with Crippen molar-refractivity contribution in [1.82, 2.24) is 24.4 Å². The Balaban J connectivity index is 1.27. The molecular formula is C22H23F3N6O4. The molecule has 13 heteroatoms. The Bertz CT molecular complexity index is 1220. The number of aliphatic hydroxyl groups is 2. The Morgan fingerprint density at radius 3 is 2.66 bits per heavy atom. The second kappa shape index (κ2) is 9.06. The molecule has 0 spiro atoms. The van der Waals surface area contributed by atoms with Crippen molar-refractivity contribution >= 4 is 22.9 Å². The van der Waals surface area contributed by atoms with Gasteiger partial charge in [-0.25, -0.2) is 15.0 Å². The van der Waals surface area contributed by atoms with Gasteiger partial charge in [0.1, 0.15) is 12.4 Å². The average Bonchev–Trinajstić information content (AvgIpc) is 3.56. The topological polar surface area (TPSA) is 126 Å². The summed E-state index contributed by atoms with van der Waals surface area (Å²) in [5, 5.41) is 22.9. The molecule has 4 unspecified atom stereocenters. The molecule has 2 saturated heterocycles. The quantitative estimate of drug-likeness (QED) is 0.493. The van der Waals surface area contributed by atoms with E-state index in [-0.39, 0.29) is 24.1 Å². The number of aliphatic hydroxyl groups excluding tert-OH is 2. The van der Waals surface area contributed by atoms with Gasteiger partial charge in [-0.3, -0.25) is 9.36 Å². The van der Waals surface area contributed by atoms with Crippen LogP contribution in [0.4, 0.5) is 19.0 Å². The zero-order valence-electron chi connectivity index (χ0n) is 18.4. The number of halogens is 3. The molecule has 1 aromatic carbocycles. The number of nitrogens with zero attached hydrogens (tertiary/aromatic N) is 5. The maximum atomic E-state index is 12.8. The van der Waals surface area contributed by atoms with Gasteiger partial charge in [0.05, 0.1) is 24.6 Å². The molecule has 0 radical (unpaired) electrons. The van der Waals surface area contributed by atoms with Crippen LogP contribution in [0.3, 0.4) is 0 Å². The molecule has 35 heavy (non-hydrogen) atoms. The van der Waals surface area contributed by atoms with Gasteiger partial charge in [0, 0.05) is 31.1 Å². The molecule has 2 aromatic heterocycles. The Labute approximate surface area is 197 Å². The number of benzene rings is 1. The number of hydrogen-bond acceptors (Lipinski definition) is 8. The van der Waals surface area contributed by atoms with Gasteiger partial charge in [-0.15, -0.1) is 0 Å². The number of aromatic nitrogens is 4. The maximum absolute atomic E-state index is 12.8. The summed E-state index contributed by atoms with van der Waals surface area (Å²) < 4.78 is 45.6. The van der Waals surface area contributed by atoms with Gasteiger partial charge in [-0.2, -0.15) is 13.2 Å². The fraction of sp³-hybridized carbons (Fsp3) is 0.455. The predicted molar refractivity (Wildman–Crippen MR) is 116 cm³/mol. The largest absolute Gasteiger partial charge is 0.416 e. The van der Waals surface area contributed by atoms with Crippen LogP contribution in [0.25, 0.3) is 11.2 Å². The standard InChI is InChI=1S/C22H23F3N6O4/c23-22(24,25)13-3-1-12(2-4-13)20(34)30-6-5-14(8-30)29-18-17-19(27-10-26-18)31(11-28-17)21-16(33)7-15(9-32)35-21/h1-4,10-11,14-16,21,32-33H,5-9H2,(H,26,27,29). The normalized spacial score (nSPS) is 24.9. The number of nitrogens with one attached hydrogen (secondary N) is 1. The fourth-order valence-corrected chi connectivity index (χ4v) is 4.48. The van der Waals surface area contributed by atoms with E-state index in [9.17, 15) is 28.2 Å². The van der Waals surface area contributed by atoms with Crippen LogP contribution >= 0.6 is 0 Å². The van der Waals surface area contributed by atoms with E-state index in [2.05, 4.69) is 20.3 Å². The molecule has 4 heterocycles. The lowest BCUT2D eigenvalue weighted by atomic mass is 10.1. The number of carbonyl (C=O) groups excluding carboxylic acids is 1. The number of carbonyl (C=O) groups is 1. The number of amides is 1. The first-order valence-electron chi connectivity index (χ1n) is 11.1. The maximum Gasteiger partial charge on any atom is 0.416 e. The van der Waals surface area contributed by atoms with Gasteiger partial charge in [0.2, 0.25) is 0 Å². The van der Waals surface area contributed by atoms with Gasteiger partial charge < -0.3 is 25.2 Å². The minimum absolute atomic E-state index is 0.149. The van der Waals surface area contributed by atoms with Crippen molar-refractivity contribution in [2.75, 3.05) is 25.0 Å². The first-order valence-corrected chi connectivity index (χ1v) is 11.1. The summed E-state index contributed by atoms with van der Waals surface area (Å²) in [5.41, 5.74) is 0.298. The SMILES string of the molecule is O=C(c1ccc(C(F)(F)F)cc1)N1CCC(Nc2ncnc3c2ncn3C2OC(CO)CC2O)C1. The molecule has 2 aliphatic heterocycles. The summed E-state index contributed by atoms with van der Waals surface area (Å²) in [4.78, 5) is 27.3. The Kier molecular flexibility index (Phi) is 6.07. The van der Waals surface area contributed by atoms with Crippen molar-refractivity contribution in [3.05, 3.63) is 48.0 Å². The highest BCUT2D eigenvalue weighted by Crippen LogP contribution is 2.32. The molecule has 1 amide bonds. The Hall–Kier alpha value is -3.29. The van der Waals surface area contributed by atoms with E-state index in [1.54, 1.807) is 9.47 Å². The number of ether oxygens (including phenoxy) is 1. The molecule has 186 valence electrons. The van der Waals surface area contributed by atoms with Crippen LogP contribution in [-0.4, -0.2) is 78.5 Å². The van der Waals surface area contributed by atoms with Crippen LogP contribution in [0.1, 0.15) is 35.0 Å². The fourth-order valence-electron chi connectivity index (χ4n) is 4.48. The van der Waals surface area contributed by atoms with Crippen molar-refractivity contribution in [3.63, 3.8) is 0 Å². The second-order valence-electron chi connectivity index (χ2n) is 8.64. The van der Waals surface area contributed by atoms with Gasteiger partial charge in [0.15, 0.2) is 23.2 Å². The molecule has 3 aromatic rings. The van der Waals surface area contributed by atoms with Gasteiger partial charge in [0.25, 0.3) is 5.91 Å². The molecule has 0 aliphatic carbocycles. The molecule has 2 fully saturated rings. The Morgan fingerprint density at radius 2 is 1.97 bits per heavy atom. The third kappa shape index (κ3) is 4.54. The molecule has 10 nitrogen and oxygen atoms in total. The van der Waals surface area contributed by atoms with E-state index in [0.29, 0.717) is 42.9 Å². The van der Waals surface area contributed by atoms with E-state index in [1.165, 1.54) is 24.8 Å². The molecule has 3 N–H and O–H groups in total. The van der Waals surface area contributed by atoms with E-state index >= 15 is 0 Å². The summed E-state index contributed by atoms with van der Waals surface area (Å²) in [6.45, 7) is 0.574. The number of hydrogen-bond donors (Lipinski definition) is 3. The van der Waals surface area contributed by atoms with Crippen LogP contribution in [0.2, 0.25) is 0 Å². The van der Waals surface area contributed by atoms with Crippen molar-refractivity contribution in [2.45, 2.75) is 43.5 Å². The second-order valence-corrected chi connectivity index (χ2v) is 8.64. The molecule has 0 saturated carbocycles. The summed E-state index contributed by atoms with van der Waals surface area (Å²) in [6.07, 6.45) is -2.73. The highest BCUT2D eigenvalue weighted by molar-refractivity contribution is 5.94. The first kappa shape index (κ1) is 23.5. The zero-order chi connectivity index (χ0) is 24.7. The number of fused-ring (bicyclic) bond motifs is 1. The van der Waals surface area contributed by atoms with Gasteiger partial charge in [-0.1, -0.05) is 0 Å². The number of imidazole rings is 1. The summed E-state index contributed by atoms with van der Waals surface area (Å²) >= 11 is 0. The third-order valence-corrected chi connectivity index (χ3v) is 6.28. The lowest BCUT2D eigenvalue weighted by Crippen LogP contribution is -2.31. The van der Waals surface area contributed by atoms with E-state index < -0.39 is 30.2 Å². The third-order valence-electron chi connectivity index (χ3n) is 6.28. The van der Waals surface area contributed by atoms with Gasteiger partial charge in [-0.05, 0) is 30.7 Å². The van der Waals surface area contributed by atoms with E-state index in [0.717, 1.165) is 12.1 Å². The highest BCUT2D eigenvalue weighted by atomic mass is 19.4. The van der Waals surface area contributed by atoms with Crippen LogP contribution in [0.5, 0.6) is 0 Å². The van der Waals surface area contributed by atoms with Crippen molar-refractivity contribution in [2.24, 2.45) is 0 Å². The molecule has 5 rings (SSSR count). The first-order chi connectivity index (χ1) is 16.7. The lowest BCUT2D eigenvalue weighted by Gasteiger charge is -2.18. The zero-order valence-corrected chi connectivity index (χ0v) is 18.4. The van der Waals surface area contributed by atoms with E-state index in [1.807, 2.05) is 0 Å². The molecule has 0 bridgehead atoms. The summed E-state index contributed by atoms with van der Waals surface area (Å²) in [6, 6.07) is 4.03. The van der Waals surface area contributed by atoms with Crippen molar-refractivity contribution in [3.8, 4) is 0 Å². The summed E-state index contributed by atoms with van der Waals surface area (Å²) in [5.74, 6) is 0.111. The molecule has 4 atom stereocenters. The highest BCUT2D eigenvalue weighted by Gasteiger charge is 2.36. The molecule has 2 aliphatic rings. The minimum Gasteiger partial charge on any atom is -0.394 e. The number of likely N-dealkylation sites (tertiary alicyclic amines) is 1.